The van der Waals surface area contributed by atoms with Gasteiger partial charge in [0, 0.05) is 7.11 Å². The van der Waals surface area contributed by atoms with Crippen molar-refractivity contribution in [3.8, 4) is 0 Å². The zero-order chi connectivity index (χ0) is 8.04. The molecule has 0 radical (unpaired) electrons. The molecule has 0 fully saturated rings. The zero-order valence-corrected chi connectivity index (χ0v) is 8.06. The molecule has 0 rings (SSSR count). The van der Waals surface area contributed by atoms with Gasteiger partial charge in [-0.1, -0.05) is 0 Å². The van der Waals surface area contributed by atoms with E-state index >= 15 is 0 Å². The molecule has 0 aromatic carbocycles. The fraction of sp³-hybridized carbons (Fsp3) is 1.00. The summed E-state index contributed by atoms with van der Waals surface area (Å²) in [6.07, 6.45) is 0. The molecular formula is C8H20FNO. The van der Waals surface area contributed by atoms with E-state index in [1.54, 1.807) is 7.11 Å². The number of hydrogen-bond acceptors (Lipinski definition) is 1. The lowest BCUT2D eigenvalue weighted by molar-refractivity contribution is -0.906. The first-order valence-corrected chi connectivity index (χ1v) is 4.01. The molecule has 11 heavy (non-hydrogen) atoms. The minimum absolute atomic E-state index is 0. The molecule has 3 heteroatoms. The van der Waals surface area contributed by atoms with Crippen LogP contribution in [0.1, 0.15) is 13.8 Å². The van der Waals surface area contributed by atoms with Gasteiger partial charge in [-0.3, -0.25) is 0 Å². The van der Waals surface area contributed by atoms with Crippen LogP contribution < -0.4 is 4.70 Å². The van der Waals surface area contributed by atoms with Gasteiger partial charge in [0.15, 0.2) is 0 Å². The van der Waals surface area contributed by atoms with Crippen LogP contribution in [0.4, 0.5) is 0 Å². The number of methoxy groups -OCH3 is 1. The van der Waals surface area contributed by atoms with E-state index in [2.05, 4.69) is 20.9 Å². The molecule has 0 bridgehead atoms. The second kappa shape index (κ2) is 6.55. The average Bonchev–Trinajstić information content (AvgIpc) is 2.00. The van der Waals surface area contributed by atoms with Crippen LogP contribution in [0, 0.1) is 0 Å². The number of halogens is 1. The minimum Gasteiger partial charge on any atom is -1.00 e. The van der Waals surface area contributed by atoms with Crippen LogP contribution >= 0.6 is 0 Å². The van der Waals surface area contributed by atoms with Crippen molar-refractivity contribution in [1.82, 2.24) is 0 Å². The smallest absolute Gasteiger partial charge is 0.102 e. The van der Waals surface area contributed by atoms with Gasteiger partial charge in [0.25, 0.3) is 0 Å². The highest BCUT2D eigenvalue weighted by Crippen LogP contribution is 1.99. The largest absolute Gasteiger partial charge is 1.00 e. The van der Waals surface area contributed by atoms with Gasteiger partial charge in [0.1, 0.15) is 6.54 Å². The Morgan fingerprint density at radius 1 is 1.18 bits per heavy atom. The Balaban J connectivity index is 0. The van der Waals surface area contributed by atoms with Crippen molar-refractivity contribution in [2.45, 2.75) is 13.8 Å². The van der Waals surface area contributed by atoms with Gasteiger partial charge < -0.3 is 13.9 Å². The second-order valence-electron chi connectivity index (χ2n) is 2.97. The van der Waals surface area contributed by atoms with Crippen molar-refractivity contribution < 1.29 is 13.9 Å². The lowest BCUT2D eigenvalue weighted by Gasteiger charge is -2.31. The topological polar surface area (TPSA) is 9.23 Å². The van der Waals surface area contributed by atoms with Crippen LogP contribution in [0.25, 0.3) is 0 Å². The number of rotatable bonds is 5. The first kappa shape index (κ1) is 13.4. The van der Waals surface area contributed by atoms with Crippen LogP contribution in [0.3, 0.4) is 0 Å². The number of nitrogens with zero attached hydrogens (tertiary/aromatic N) is 1. The average molecular weight is 165 g/mol. The number of hydrogen-bond donors (Lipinski definition) is 0. The van der Waals surface area contributed by atoms with Crippen molar-refractivity contribution in [2.75, 3.05) is 40.4 Å². The van der Waals surface area contributed by atoms with E-state index in [0.717, 1.165) is 17.6 Å². The Morgan fingerprint density at radius 3 is 1.91 bits per heavy atom. The Kier molecular flexibility index (Phi) is 8.01. The normalized spacial score (nSPS) is 10.9. The fourth-order valence-electron chi connectivity index (χ4n) is 0.852. The molecule has 2 nitrogen and oxygen atoms in total. The van der Waals surface area contributed by atoms with E-state index in [1.807, 2.05) is 0 Å². The van der Waals surface area contributed by atoms with E-state index in [-0.39, 0.29) is 4.70 Å². The van der Waals surface area contributed by atoms with Gasteiger partial charge in [0.05, 0.1) is 26.7 Å². The first-order chi connectivity index (χ1) is 4.68. The van der Waals surface area contributed by atoms with Crippen molar-refractivity contribution in [1.29, 1.82) is 0 Å². The van der Waals surface area contributed by atoms with E-state index in [9.17, 15) is 0 Å². The molecule has 0 aromatic rings. The predicted molar refractivity (Wildman–Crippen MR) is 44.0 cm³/mol. The number of quaternary nitrogens is 1. The van der Waals surface area contributed by atoms with E-state index < -0.39 is 0 Å². The van der Waals surface area contributed by atoms with Crippen LogP contribution in [0.15, 0.2) is 0 Å². The SMILES string of the molecule is CC[N+](C)(CC)CCOC.[F-]. The second-order valence-corrected chi connectivity index (χ2v) is 2.97. The lowest BCUT2D eigenvalue weighted by Crippen LogP contribution is -3.00. The van der Waals surface area contributed by atoms with E-state index in [4.69, 9.17) is 4.74 Å². The van der Waals surface area contributed by atoms with Gasteiger partial charge in [0.2, 0.25) is 0 Å². The predicted octanol–water partition coefficient (Wildman–Crippen LogP) is -1.88. The van der Waals surface area contributed by atoms with Crippen molar-refractivity contribution in [3.63, 3.8) is 0 Å². The summed E-state index contributed by atoms with van der Waals surface area (Å²) in [7, 11) is 4.02. The highest BCUT2D eigenvalue weighted by Gasteiger charge is 2.14. The molecule has 0 saturated carbocycles. The third kappa shape index (κ3) is 5.16. The van der Waals surface area contributed by atoms with Gasteiger partial charge in [-0.15, -0.1) is 0 Å². The van der Waals surface area contributed by atoms with Crippen LogP contribution in [0.2, 0.25) is 0 Å². The van der Waals surface area contributed by atoms with Gasteiger partial charge >= 0.3 is 0 Å². The van der Waals surface area contributed by atoms with Gasteiger partial charge in [-0.25, -0.2) is 0 Å². The fourth-order valence-corrected chi connectivity index (χ4v) is 0.852. The Morgan fingerprint density at radius 2 is 1.64 bits per heavy atom. The summed E-state index contributed by atoms with van der Waals surface area (Å²) in [6.45, 7) is 8.83. The molecule has 0 unspecified atom stereocenters. The Bertz CT molecular complexity index is 84.2. The van der Waals surface area contributed by atoms with Crippen molar-refractivity contribution in [2.24, 2.45) is 0 Å². The summed E-state index contributed by atoms with van der Waals surface area (Å²) in [6, 6.07) is 0. The molecular weight excluding hydrogens is 145 g/mol. The standard InChI is InChI=1S/C8H20NO.FH/c1-5-9(3,6-2)7-8-10-4;/h5-8H2,1-4H3;1H/q+1;/p-1. The van der Waals surface area contributed by atoms with Gasteiger partial charge in [-0.2, -0.15) is 0 Å². The third-order valence-corrected chi connectivity index (χ3v) is 2.36. The quantitative estimate of drug-likeness (QED) is 0.433. The van der Waals surface area contributed by atoms with Gasteiger partial charge in [-0.05, 0) is 13.8 Å². The zero-order valence-electron chi connectivity index (χ0n) is 8.06. The molecule has 0 heterocycles. The summed E-state index contributed by atoms with van der Waals surface area (Å²) in [4.78, 5) is 0. The van der Waals surface area contributed by atoms with E-state index in [1.165, 1.54) is 13.1 Å². The Labute approximate surface area is 69.1 Å². The molecule has 0 aliphatic carbocycles. The van der Waals surface area contributed by atoms with Crippen molar-refractivity contribution in [3.05, 3.63) is 0 Å². The summed E-state index contributed by atoms with van der Waals surface area (Å²) < 4.78 is 6.14. The maximum Gasteiger partial charge on any atom is 0.102 e. The summed E-state index contributed by atoms with van der Waals surface area (Å²) >= 11 is 0. The first-order valence-electron chi connectivity index (χ1n) is 4.01. The maximum atomic E-state index is 5.03. The van der Waals surface area contributed by atoms with E-state index in [0.29, 0.717) is 0 Å². The summed E-state index contributed by atoms with van der Waals surface area (Å²) in [5.74, 6) is 0. The highest BCUT2D eigenvalue weighted by atomic mass is 19.0. The number of ether oxygens (including phenoxy) is 1. The van der Waals surface area contributed by atoms with Crippen LogP contribution in [0.5, 0.6) is 0 Å². The van der Waals surface area contributed by atoms with Crippen LogP contribution in [-0.4, -0.2) is 44.9 Å². The molecule has 70 valence electrons. The summed E-state index contributed by atoms with van der Waals surface area (Å²) in [5.41, 5.74) is 0. The molecule has 0 atom stereocenters. The minimum atomic E-state index is 0. The van der Waals surface area contributed by atoms with Crippen molar-refractivity contribution >= 4 is 0 Å². The molecule has 0 aromatic heterocycles. The maximum absolute atomic E-state index is 5.03. The molecule has 0 saturated heterocycles. The molecule has 0 aliphatic rings. The molecule has 0 amide bonds. The number of likely N-dealkylation sites (N-methyl/N-ethyl adjacent to an activating group) is 1. The monoisotopic (exact) mass is 165 g/mol. The highest BCUT2D eigenvalue weighted by molar-refractivity contribution is 4.32. The molecule has 0 spiro atoms. The third-order valence-electron chi connectivity index (χ3n) is 2.36. The van der Waals surface area contributed by atoms with Crippen LogP contribution in [-0.2, 0) is 4.74 Å². The molecule has 0 aliphatic heterocycles. The molecule has 0 N–H and O–H groups in total. The lowest BCUT2D eigenvalue weighted by atomic mass is 10.4. The summed E-state index contributed by atoms with van der Waals surface area (Å²) in [5, 5.41) is 0. The Hall–Kier alpha value is -0.150.